The molecular weight excluding hydrogens is 426 g/mol. The number of amides is 1. The Kier molecular flexibility index (Phi) is 7.61. The number of carbonyl (C=O) groups is 1. The number of aryl methyl sites for hydroxylation is 1. The van der Waals surface area contributed by atoms with Crippen LogP contribution in [0.25, 0.3) is 11.0 Å². The number of halogens is 2. The molecule has 170 valence electrons. The van der Waals surface area contributed by atoms with Crippen LogP contribution >= 0.6 is 0 Å². The van der Waals surface area contributed by atoms with Crippen LogP contribution in [0, 0.1) is 23.0 Å². The largest absolute Gasteiger partial charge is 0.270 e. The summed E-state index contributed by atoms with van der Waals surface area (Å²) < 4.78 is 28.9. The van der Waals surface area contributed by atoms with E-state index in [0.717, 1.165) is 6.07 Å². The van der Waals surface area contributed by atoms with Crippen LogP contribution in [0.2, 0.25) is 0 Å². The van der Waals surface area contributed by atoms with E-state index in [-0.39, 0.29) is 5.91 Å². The zero-order chi connectivity index (χ0) is 24.0. The summed E-state index contributed by atoms with van der Waals surface area (Å²) in [6.45, 7) is 8.40. The number of rotatable bonds is 6. The van der Waals surface area contributed by atoms with Gasteiger partial charge in [-0.3, -0.25) is 14.5 Å². The zero-order valence-electron chi connectivity index (χ0n) is 18.5. The Bertz CT molecular complexity index is 1220. The summed E-state index contributed by atoms with van der Waals surface area (Å²) in [5.74, 6) is -1.78. The van der Waals surface area contributed by atoms with E-state index in [9.17, 15) is 13.6 Å². The van der Waals surface area contributed by atoms with E-state index >= 15 is 0 Å². The lowest BCUT2D eigenvalue weighted by Gasteiger charge is -2.23. The maximum absolute atomic E-state index is 13.6. The molecule has 3 aromatic rings. The van der Waals surface area contributed by atoms with E-state index in [1.807, 2.05) is 19.9 Å². The van der Waals surface area contributed by atoms with Crippen LogP contribution < -0.4 is 0 Å². The second-order valence-electron chi connectivity index (χ2n) is 7.24. The van der Waals surface area contributed by atoms with E-state index in [2.05, 4.69) is 21.8 Å². The molecule has 0 fully saturated rings. The number of aromatic nitrogens is 3. The highest BCUT2D eigenvalue weighted by molar-refractivity contribution is 5.94. The first-order chi connectivity index (χ1) is 15.9. The van der Waals surface area contributed by atoms with Gasteiger partial charge < -0.3 is 0 Å². The molecule has 9 heteroatoms. The fourth-order valence-electron chi connectivity index (χ4n) is 3.50. The van der Waals surface area contributed by atoms with Gasteiger partial charge in [-0.1, -0.05) is 20.4 Å². The molecular formula is C24H24F2N6O. The number of hydrogen-bond donors (Lipinski definition) is 0. The predicted molar refractivity (Wildman–Crippen MR) is 121 cm³/mol. The second kappa shape index (κ2) is 10.6. The van der Waals surface area contributed by atoms with Crippen LogP contribution in [0.4, 0.5) is 8.78 Å². The SMILES string of the molecule is C=C(CCCn1cc2ncc(C#N)cc2n1)C(=O)N1N=CCC1c1cc(F)cc(F)c1.CC. The van der Waals surface area contributed by atoms with Crippen molar-refractivity contribution >= 4 is 23.2 Å². The van der Waals surface area contributed by atoms with Crippen LogP contribution in [-0.2, 0) is 11.3 Å². The first kappa shape index (κ1) is 23.7. The Balaban J connectivity index is 0.00000149. The van der Waals surface area contributed by atoms with Gasteiger partial charge in [0, 0.05) is 37.0 Å². The number of nitriles is 1. The predicted octanol–water partition coefficient (Wildman–Crippen LogP) is 4.90. The Morgan fingerprint density at radius 3 is 2.64 bits per heavy atom. The van der Waals surface area contributed by atoms with Crippen molar-refractivity contribution in [1.82, 2.24) is 19.8 Å². The van der Waals surface area contributed by atoms with Crippen LogP contribution in [0.5, 0.6) is 0 Å². The quantitative estimate of drug-likeness (QED) is 0.500. The highest BCUT2D eigenvalue weighted by Crippen LogP contribution is 2.30. The maximum Gasteiger partial charge on any atom is 0.269 e. The molecule has 3 heterocycles. The molecule has 0 radical (unpaired) electrons. The number of hydrazone groups is 1. The van der Waals surface area contributed by atoms with Gasteiger partial charge in [0.05, 0.1) is 17.8 Å². The number of benzene rings is 1. The highest BCUT2D eigenvalue weighted by atomic mass is 19.1. The second-order valence-corrected chi connectivity index (χ2v) is 7.24. The van der Waals surface area contributed by atoms with Crippen molar-refractivity contribution in [3.05, 3.63) is 71.6 Å². The smallest absolute Gasteiger partial charge is 0.269 e. The average molecular weight is 450 g/mol. The first-order valence-electron chi connectivity index (χ1n) is 10.7. The molecule has 1 amide bonds. The summed E-state index contributed by atoms with van der Waals surface area (Å²) in [5.41, 5.74) is 2.46. The molecule has 1 aliphatic rings. The van der Waals surface area contributed by atoms with Gasteiger partial charge in [0.15, 0.2) is 0 Å². The minimum Gasteiger partial charge on any atom is -0.270 e. The van der Waals surface area contributed by atoms with Gasteiger partial charge in [-0.05, 0) is 36.6 Å². The summed E-state index contributed by atoms with van der Waals surface area (Å²) in [5, 5.41) is 18.7. The molecule has 1 atom stereocenters. The molecule has 4 rings (SSSR count). The summed E-state index contributed by atoms with van der Waals surface area (Å²) in [4.78, 5) is 17.0. The van der Waals surface area contributed by atoms with Crippen molar-refractivity contribution in [3.63, 3.8) is 0 Å². The standard InChI is InChI=1S/C22H18F2N6O.C2H6/c1-14(3-2-6-29-13-20-19(28-29)7-15(11-25)12-26-20)22(31)30-21(4-5-27-30)16-8-17(23)10-18(24)9-16;1-2/h5,7-10,12-13,21H,1-4,6H2;1-2H3. The fraction of sp³-hybridized carbons (Fsp3) is 0.292. The fourth-order valence-corrected chi connectivity index (χ4v) is 3.50. The van der Waals surface area contributed by atoms with E-state index in [4.69, 9.17) is 5.26 Å². The highest BCUT2D eigenvalue weighted by Gasteiger charge is 2.30. The average Bonchev–Trinajstić information content (AvgIpc) is 3.45. The Hall–Kier alpha value is -3.93. The molecule has 0 bridgehead atoms. The Labute approximate surface area is 190 Å². The molecule has 0 N–H and O–H groups in total. The lowest BCUT2D eigenvalue weighted by molar-refractivity contribution is -0.129. The third-order valence-corrected chi connectivity index (χ3v) is 5.01. The van der Waals surface area contributed by atoms with Crippen molar-refractivity contribution in [3.8, 4) is 6.07 Å². The third kappa shape index (κ3) is 5.47. The molecule has 2 aromatic heterocycles. The van der Waals surface area contributed by atoms with Gasteiger partial charge in [0.25, 0.3) is 5.91 Å². The van der Waals surface area contributed by atoms with Crippen molar-refractivity contribution < 1.29 is 13.6 Å². The van der Waals surface area contributed by atoms with Crippen molar-refractivity contribution in [2.24, 2.45) is 5.10 Å². The number of hydrogen-bond acceptors (Lipinski definition) is 5. The summed E-state index contributed by atoms with van der Waals surface area (Å²) in [6.07, 6.45) is 6.20. The minimum absolute atomic E-state index is 0.350. The Morgan fingerprint density at radius 1 is 1.21 bits per heavy atom. The zero-order valence-corrected chi connectivity index (χ0v) is 18.5. The Morgan fingerprint density at radius 2 is 1.94 bits per heavy atom. The van der Waals surface area contributed by atoms with Crippen LogP contribution in [0.1, 0.15) is 50.3 Å². The first-order valence-corrected chi connectivity index (χ1v) is 10.7. The van der Waals surface area contributed by atoms with Crippen molar-refractivity contribution in [2.75, 3.05) is 0 Å². The van der Waals surface area contributed by atoms with Gasteiger partial charge in [-0.15, -0.1) is 0 Å². The lowest BCUT2D eigenvalue weighted by Crippen LogP contribution is -2.28. The lowest BCUT2D eigenvalue weighted by atomic mass is 10.0. The minimum atomic E-state index is -0.698. The summed E-state index contributed by atoms with van der Waals surface area (Å²) in [7, 11) is 0. The molecule has 0 saturated heterocycles. The van der Waals surface area contributed by atoms with Crippen LogP contribution in [-0.4, -0.2) is 31.9 Å². The number of fused-ring (bicyclic) bond motifs is 1. The topological polar surface area (TPSA) is 87.2 Å². The molecule has 0 saturated carbocycles. The number of pyridine rings is 1. The molecule has 0 spiro atoms. The monoisotopic (exact) mass is 450 g/mol. The van der Waals surface area contributed by atoms with Crippen molar-refractivity contribution in [1.29, 1.82) is 5.26 Å². The van der Waals surface area contributed by atoms with Gasteiger partial charge >= 0.3 is 0 Å². The number of nitrogens with zero attached hydrogens (tertiary/aromatic N) is 6. The molecule has 33 heavy (non-hydrogen) atoms. The molecule has 1 unspecified atom stereocenters. The van der Waals surface area contributed by atoms with Gasteiger partial charge in [0.1, 0.15) is 28.7 Å². The number of carbonyl (C=O) groups excluding carboxylic acids is 1. The van der Waals surface area contributed by atoms with E-state index in [0.29, 0.717) is 53.5 Å². The third-order valence-electron chi connectivity index (χ3n) is 5.01. The van der Waals surface area contributed by atoms with Crippen molar-refractivity contribution in [2.45, 2.75) is 45.7 Å². The van der Waals surface area contributed by atoms with Gasteiger partial charge in [-0.25, -0.2) is 13.8 Å². The molecule has 0 aliphatic carbocycles. The molecule has 1 aromatic carbocycles. The summed E-state index contributed by atoms with van der Waals surface area (Å²) >= 11 is 0. The normalized spacial score (nSPS) is 14.6. The van der Waals surface area contributed by atoms with Crippen LogP contribution in [0.3, 0.4) is 0 Å². The van der Waals surface area contributed by atoms with Gasteiger partial charge in [0.2, 0.25) is 0 Å². The molecule has 7 nitrogen and oxygen atoms in total. The maximum atomic E-state index is 13.6. The van der Waals surface area contributed by atoms with E-state index in [1.165, 1.54) is 23.3 Å². The van der Waals surface area contributed by atoms with Gasteiger partial charge in [-0.2, -0.15) is 15.5 Å². The van der Waals surface area contributed by atoms with E-state index in [1.54, 1.807) is 23.2 Å². The van der Waals surface area contributed by atoms with E-state index < -0.39 is 17.7 Å². The molecule has 1 aliphatic heterocycles. The summed E-state index contributed by atoms with van der Waals surface area (Å²) in [6, 6.07) is 6.34. The van der Waals surface area contributed by atoms with Crippen LogP contribution in [0.15, 0.2) is 53.9 Å².